The number of carbonyl (C=O) groups excluding carboxylic acids is 1. The first-order valence-electron chi connectivity index (χ1n) is 9.60. The van der Waals surface area contributed by atoms with Crippen LogP contribution in [0, 0.1) is 13.8 Å². The Hall–Kier alpha value is -3.28. The van der Waals surface area contributed by atoms with Gasteiger partial charge < -0.3 is 14.8 Å². The van der Waals surface area contributed by atoms with E-state index in [9.17, 15) is 4.79 Å². The maximum absolute atomic E-state index is 12.2. The highest BCUT2D eigenvalue weighted by Gasteiger charge is 2.08. The molecule has 0 bridgehead atoms. The molecule has 1 heterocycles. The number of nitrogens with one attached hydrogen (secondary N) is 1. The molecule has 0 radical (unpaired) electrons. The van der Waals surface area contributed by atoms with E-state index in [0.717, 1.165) is 29.1 Å². The number of benzene rings is 2. The summed E-state index contributed by atoms with van der Waals surface area (Å²) in [5.74, 6) is 1.26. The fourth-order valence-corrected chi connectivity index (χ4v) is 3.28. The van der Waals surface area contributed by atoms with Crippen LogP contribution < -0.4 is 14.8 Å². The van der Waals surface area contributed by atoms with Crippen molar-refractivity contribution in [3.05, 3.63) is 71.0 Å². The van der Waals surface area contributed by atoms with Crippen LogP contribution in [0.4, 0.5) is 0 Å². The molecule has 6 heteroatoms. The number of nitrogens with zero attached hydrogens (tertiary/aromatic N) is 2. The molecule has 0 aliphatic heterocycles. The number of aryl methyl sites for hydroxylation is 2. The Bertz CT molecular complexity index is 978. The Balaban J connectivity index is 1.51. The summed E-state index contributed by atoms with van der Waals surface area (Å²) >= 11 is 0. The zero-order valence-corrected chi connectivity index (χ0v) is 17.4. The monoisotopic (exact) mass is 393 g/mol. The third-order valence-electron chi connectivity index (χ3n) is 4.74. The number of hydrogen-bond donors (Lipinski definition) is 1. The molecule has 0 spiro atoms. The molecule has 0 aliphatic carbocycles. The minimum Gasteiger partial charge on any atom is -0.493 e. The van der Waals surface area contributed by atoms with Crippen LogP contribution in [0.1, 0.15) is 22.5 Å². The van der Waals surface area contributed by atoms with E-state index in [1.165, 1.54) is 5.56 Å². The zero-order chi connectivity index (χ0) is 20.8. The quantitative estimate of drug-likeness (QED) is 0.637. The fourth-order valence-electron chi connectivity index (χ4n) is 3.28. The Labute approximate surface area is 171 Å². The van der Waals surface area contributed by atoms with E-state index in [0.29, 0.717) is 24.5 Å². The van der Waals surface area contributed by atoms with Crippen LogP contribution in [0.5, 0.6) is 11.5 Å². The summed E-state index contributed by atoms with van der Waals surface area (Å²) in [7, 11) is 3.18. The van der Waals surface area contributed by atoms with Crippen molar-refractivity contribution in [1.82, 2.24) is 15.1 Å². The fraction of sp³-hybridized carbons (Fsp3) is 0.304. The molecule has 0 aliphatic rings. The van der Waals surface area contributed by atoms with Gasteiger partial charge in [0, 0.05) is 12.2 Å². The first kappa shape index (κ1) is 20.5. The molecule has 3 aromatic rings. The summed E-state index contributed by atoms with van der Waals surface area (Å²) in [4.78, 5) is 12.2. The Morgan fingerprint density at radius 3 is 2.28 bits per heavy atom. The lowest BCUT2D eigenvalue weighted by atomic mass is 10.1. The van der Waals surface area contributed by atoms with Crippen LogP contribution in [0.2, 0.25) is 0 Å². The standard InChI is InChI=1S/C23H27N3O3/c1-16-13-17(2)26(25-16)20-8-5-18(6-9-20)11-12-24-23(27)15-19-7-10-21(28-3)22(14-19)29-4/h5-10,13-14H,11-12,15H2,1-4H3,(H,24,27). The van der Waals surface area contributed by atoms with Crippen LogP contribution in [0.25, 0.3) is 5.69 Å². The lowest BCUT2D eigenvalue weighted by Gasteiger charge is -2.10. The van der Waals surface area contributed by atoms with E-state index in [1.54, 1.807) is 14.2 Å². The summed E-state index contributed by atoms with van der Waals surface area (Å²) in [5.41, 5.74) is 5.20. The molecule has 29 heavy (non-hydrogen) atoms. The summed E-state index contributed by atoms with van der Waals surface area (Å²) in [6, 6.07) is 15.8. The highest BCUT2D eigenvalue weighted by Crippen LogP contribution is 2.27. The molecule has 2 aromatic carbocycles. The largest absolute Gasteiger partial charge is 0.493 e. The van der Waals surface area contributed by atoms with Crippen molar-refractivity contribution in [3.63, 3.8) is 0 Å². The van der Waals surface area contributed by atoms with Gasteiger partial charge in [-0.3, -0.25) is 4.79 Å². The molecule has 1 aromatic heterocycles. The van der Waals surface area contributed by atoms with Crippen LogP contribution in [0.15, 0.2) is 48.5 Å². The van der Waals surface area contributed by atoms with Gasteiger partial charge in [0.1, 0.15) is 0 Å². The maximum atomic E-state index is 12.2. The van der Waals surface area contributed by atoms with Crippen molar-refractivity contribution < 1.29 is 14.3 Å². The van der Waals surface area contributed by atoms with Crippen molar-refractivity contribution in [1.29, 1.82) is 0 Å². The predicted molar refractivity (Wildman–Crippen MR) is 113 cm³/mol. The Kier molecular flexibility index (Phi) is 6.54. The van der Waals surface area contributed by atoms with Crippen molar-refractivity contribution in [2.24, 2.45) is 0 Å². The second-order valence-electron chi connectivity index (χ2n) is 6.97. The maximum Gasteiger partial charge on any atom is 0.224 e. The molecule has 1 amide bonds. The van der Waals surface area contributed by atoms with E-state index in [-0.39, 0.29) is 5.91 Å². The summed E-state index contributed by atoms with van der Waals surface area (Å²) in [6.45, 7) is 4.62. The van der Waals surface area contributed by atoms with Gasteiger partial charge in [-0.05, 0) is 61.7 Å². The molecule has 3 rings (SSSR count). The molecule has 0 saturated heterocycles. The number of amides is 1. The van der Waals surface area contributed by atoms with Gasteiger partial charge in [-0.25, -0.2) is 4.68 Å². The third kappa shape index (κ3) is 5.16. The summed E-state index contributed by atoms with van der Waals surface area (Å²) in [5, 5.41) is 7.48. The van der Waals surface area contributed by atoms with E-state index < -0.39 is 0 Å². The highest BCUT2D eigenvalue weighted by atomic mass is 16.5. The number of ether oxygens (including phenoxy) is 2. The normalized spacial score (nSPS) is 10.6. The van der Waals surface area contributed by atoms with Gasteiger partial charge in [0.05, 0.1) is 32.0 Å². The van der Waals surface area contributed by atoms with E-state index in [4.69, 9.17) is 9.47 Å². The molecule has 152 valence electrons. The number of methoxy groups -OCH3 is 2. The average molecular weight is 393 g/mol. The van der Waals surface area contributed by atoms with E-state index >= 15 is 0 Å². The van der Waals surface area contributed by atoms with Crippen molar-refractivity contribution in [3.8, 4) is 17.2 Å². The van der Waals surface area contributed by atoms with Crippen LogP contribution in [-0.4, -0.2) is 36.5 Å². The Morgan fingerprint density at radius 1 is 0.966 bits per heavy atom. The lowest BCUT2D eigenvalue weighted by Crippen LogP contribution is -2.27. The number of aromatic nitrogens is 2. The molecule has 0 atom stereocenters. The number of rotatable bonds is 8. The number of hydrogen-bond acceptors (Lipinski definition) is 4. The third-order valence-corrected chi connectivity index (χ3v) is 4.74. The summed E-state index contributed by atoms with van der Waals surface area (Å²) in [6.07, 6.45) is 1.08. The summed E-state index contributed by atoms with van der Waals surface area (Å²) < 4.78 is 12.4. The lowest BCUT2D eigenvalue weighted by molar-refractivity contribution is -0.120. The first-order chi connectivity index (χ1) is 14.0. The van der Waals surface area contributed by atoms with Gasteiger partial charge in [-0.15, -0.1) is 0 Å². The molecule has 0 saturated carbocycles. The smallest absolute Gasteiger partial charge is 0.224 e. The minimum atomic E-state index is -0.0171. The highest BCUT2D eigenvalue weighted by molar-refractivity contribution is 5.78. The van der Waals surface area contributed by atoms with Crippen LogP contribution in [0.3, 0.4) is 0 Å². The molecular weight excluding hydrogens is 366 g/mol. The van der Waals surface area contributed by atoms with E-state index in [2.05, 4.69) is 40.7 Å². The molecule has 6 nitrogen and oxygen atoms in total. The molecule has 0 fully saturated rings. The topological polar surface area (TPSA) is 65.4 Å². The Morgan fingerprint density at radius 2 is 1.66 bits per heavy atom. The van der Waals surface area contributed by atoms with Gasteiger partial charge >= 0.3 is 0 Å². The average Bonchev–Trinajstić information content (AvgIpc) is 3.06. The second kappa shape index (κ2) is 9.28. The zero-order valence-electron chi connectivity index (χ0n) is 17.4. The number of carbonyl (C=O) groups is 1. The SMILES string of the molecule is COc1ccc(CC(=O)NCCc2ccc(-n3nc(C)cc3C)cc2)cc1OC. The van der Waals surface area contributed by atoms with Gasteiger partial charge in [0.15, 0.2) is 11.5 Å². The van der Waals surface area contributed by atoms with Crippen LogP contribution >= 0.6 is 0 Å². The van der Waals surface area contributed by atoms with Gasteiger partial charge in [0.25, 0.3) is 0 Å². The van der Waals surface area contributed by atoms with Gasteiger partial charge in [-0.1, -0.05) is 18.2 Å². The van der Waals surface area contributed by atoms with Crippen molar-refractivity contribution >= 4 is 5.91 Å². The second-order valence-corrected chi connectivity index (χ2v) is 6.97. The molecule has 1 N–H and O–H groups in total. The van der Waals surface area contributed by atoms with Crippen molar-refractivity contribution in [2.45, 2.75) is 26.7 Å². The minimum absolute atomic E-state index is 0.0171. The van der Waals surface area contributed by atoms with E-state index in [1.807, 2.05) is 36.7 Å². The first-order valence-corrected chi connectivity index (χ1v) is 9.60. The van der Waals surface area contributed by atoms with Gasteiger partial charge in [-0.2, -0.15) is 5.10 Å². The van der Waals surface area contributed by atoms with Gasteiger partial charge in [0.2, 0.25) is 5.91 Å². The predicted octanol–water partition coefficient (Wildman–Crippen LogP) is 3.41. The van der Waals surface area contributed by atoms with Crippen LogP contribution in [-0.2, 0) is 17.6 Å². The molecule has 0 unspecified atom stereocenters. The van der Waals surface area contributed by atoms with Crippen molar-refractivity contribution in [2.75, 3.05) is 20.8 Å². The molecular formula is C23H27N3O3.